The summed E-state index contributed by atoms with van der Waals surface area (Å²) >= 11 is 0. The van der Waals surface area contributed by atoms with E-state index in [1.54, 1.807) is 6.20 Å². The number of hydrogen-bond acceptors (Lipinski definition) is 5. The van der Waals surface area contributed by atoms with Crippen LogP contribution in [0.4, 0.5) is 23.1 Å². The molecule has 0 unspecified atom stereocenters. The predicted octanol–water partition coefficient (Wildman–Crippen LogP) is 3.02. The van der Waals surface area contributed by atoms with E-state index in [4.69, 9.17) is 0 Å². The quantitative estimate of drug-likeness (QED) is 0.858. The van der Waals surface area contributed by atoms with E-state index in [1.165, 1.54) is 6.92 Å². The molecule has 0 aliphatic heterocycles. The van der Waals surface area contributed by atoms with Crippen molar-refractivity contribution in [1.82, 2.24) is 9.97 Å². The Hall–Kier alpha value is -2.63. The van der Waals surface area contributed by atoms with Crippen LogP contribution in [0.2, 0.25) is 0 Å². The zero-order valence-electron chi connectivity index (χ0n) is 13.1. The van der Waals surface area contributed by atoms with Gasteiger partial charge in [0.1, 0.15) is 5.82 Å². The molecule has 1 amide bonds. The summed E-state index contributed by atoms with van der Waals surface area (Å²) in [6.07, 6.45) is 1.74. The van der Waals surface area contributed by atoms with Gasteiger partial charge in [0.25, 0.3) is 0 Å². The molecule has 0 aliphatic carbocycles. The van der Waals surface area contributed by atoms with Crippen molar-refractivity contribution in [2.45, 2.75) is 20.8 Å². The monoisotopic (exact) mass is 299 g/mol. The van der Waals surface area contributed by atoms with E-state index in [-0.39, 0.29) is 5.91 Å². The lowest BCUT2D eigenvalue weighted by atomic mass is 10.3. The Morgan fingerprint density at radius 3 is 2.32 bits per heavy atom. The third-order valence-electron chi connectivity index (χ3n) is 3.19. The molecule has 6 nitrogen and oxygen atoms in total. The Morgan fingerprint density at radius 1 is 1.09 bits per heavy atom. The minimum Gasteiger partial charge on any atom is -0.357 e. The topological polar surface area (TPSA) is 70.2 Å². The smallest absolute Gasteiger partial charge is 0.229 e. The lowest BCUT2D eigenvalue weighted by Gasteiger charge is -2.19. The standard InChI is InChI=1S/C16H21N5O/c1-4-21(5-2)15-10-11-17-16(20-15)19-14-8-6-13(7-9-14)18-12(3)22/h6-11H,4-5H2,1-3H3,(H,18,22)(H,17,19,20). The average Bonchev–Trinajstić information content (AvgIpc) is 2.50. The molecule has 2 N–H and O–H groups in total. The molecule has 1 aromatic heterocycles. The number of nitrogens with one attached hydrogen (secondary N) is 2. The van der Waals surface area contributed by atoms with Crippen molar-refractivity contribution in [3.8, 4) is 0 Å². The molecule has 0 saturated heterocycles. The summed E-state index contributed by atoms with van der Waals surface area (Å²) in [4.78, 5) is 21.9. The highest BCUT2D eigenvalue weighted by atomic mass is 16.1. The number of hydrogen-bond donors (Lipinski definition) is 2. The Morgan fingerprint density at radius 2 is 1.73 bits per heavy atom. The first-order valence-corrected chi connectivity index (χ1v) is 7.35. The third kappa shape index (κ3) is 4.18. The molecule has 0 spiro atoms. The summed E-state index contributed by atoms with van der Waals surface area (Å²) in [5, 5.41) is 5.90. The molecule has 2 aromatic rings. The molecule has 0 fully saturated rings. The Labute approximate surface area is 130 Å². The summed E-state index contributed by atoms with van der Waals surface area (Å²) in [6, 6.07) is 9.31. The SMILES string of the molecule is CCN(CC)c1ccnc(Nc2ccc(NC(C)=O)cc2)n1. The fourth-order valence-electron chi connectivity index (χ4n) is 2.10. The van der Waals surface area contributed by atoms with E-state index in [1.807, 2.05) is 30.3 Å². The first-order valence-electron chi connectivity index (χ1n) is 7.35. The molecule has 0 radical (unpaired) electrons. The van der Waals surface area contributed by atoms with Crippen LogP contribution < -0.4 is 15.5 Å². The molecule has 0 aliphatic rings. The van der Waals surface area contributed by atoms with Crippen molar-refractivity contribution in [2.75, 3.05) is 28.6 Å². The van der Waals surface area contributed by atoms with E-state index in [0.29, 0.717) is 5.95 Å². The summed E-state index contributed by atoms with van der Waals surface area (Å²) in [5.74, 6) is 1.37. The van der Waals surface area contributed by atoms with Gasteiger partial charge in [0, 0.05) is 37.6 Å². The number of aromatic nitrogens is 2. The van der Waals surface area contributed by atoms with Crippen molar-refractivity contribution in [3.63, 3.8) is 0 Å². The Balaban J connectivity index is 2.10. The van der Waals surface area contributed by atoms with Gasteiger partial charge >= 0.3 is 0 Å². The largest absolute Gasteiger partial charge is 0.357 e. The molecular formula is C16H21N5O. The highest BCUT2D eigenvalue weighted by Crippen LogP contribution is 2.18. The molecule has 6 heteroatoms. The lowest BCUT2D eigenvalue weighted by molar-refractivity contribution is -0.114. The first-order chi connectivity index (χ1) is 10.6. The normalized spacial score (nSPS) is 10.1. The van der Waals surface area contributed by atoms with E-state index in [9.17, 15) is 4.79 Å². The van der Waals surface area contributed by atoms with Crippen LogP contribution in [0, 0.1) is 0 Å². The fraction of sp³-hybridized carbons (Fsp3) is 0.312. The van der Waals surface area contributed by atoms with Gasteiger partial charge in [-0.05, 0) is 44.2 Å². The second kappa shape index (κ2) is 7.40. The molecular weight excluding hydrogens is 278 g/mol. The molecule has 1 heterocycles. The molecule has 0 saturated carbocycles. The van der Waals surface area contributed by atoms with E-state index in [0.717, 1.165) is 30.3 Å². The number of anilines is 4. The van der Waals surface area contributed by atoms with Crippen LogP contribution >= 0.6 is 0 Å². The van der Waals surface area contributed by atoms with Gasteiger partial charge in [-0.25, -0.2) is 4.98 Å². The summed E-state index contributed by atoms with van der Waals surface area (Å²) in [5.41, 5.74) is 1.63. The number of carbonyl (C=O) groups is 1. The molecule has 1 aromatic carbocycles. The van der Waals surface area contributed by atoms with Crippen LogP contribution in [-0.4, -0.2) is 29.0 Å². The summed E-state index contributed by atoms with van der Waals surface area (Å²) in [6.45, 7) is 7.48. The van der Waals surface area contributed by atoms with Crippen molar-refractivity contribution in [1.29, 1.82) is 0 Å². The molecule has 0 atom stereocenters. The summed E-state index contributed by atoms with van der Waals surface area (Å²) in [7, 11) is 0. The number of rotatable bonds is 6. The number of benzene rings is 1. The van der Waals surface area contributed by atoms with E-state index >= 15 is 0 Å². The maximum Gasteiger partial charge on any atom is 0.229 e. The Bertz CT molecular complexity index is 623. The van der Waals surface area contributed by atoms with Gasteiger partial charge in [-0.1, -0.05) is 0 Å². The third-order valence-corrected chi connectivity index (χ3v) is 3.19. The predicted molar refractivity (Wildman–Crippen MR) is 89.6 cm³/mol. The van der Waals surface area contributed by atoms with Gasteiger partial charge in [-0.15, -0.1) is 0 Å². The maximum absolute atomic E-state index is 11.0. The van der Waals surface area contributed by atoms with Gasteiger partial charge < -0.3 is 15.5 Å². The van der Waals surface area contributed by atoms with Gasteiger partial charge in [0.15, 0.2) is 0 Å². The lowest BCUT2D eigenvalue weighted by Crippen LogP contribution is -2.23. The molecule has 2 rings (SSSR count). The fourth-order valence-corrected chi connectivity index (χ4v) is 2.10. The second-order valence-electron chi connectivity index (χ2n) is 4.79. The van der Waals surface area contributed by atoms with Gasteiger partial charge in [0.2, 0.25) is 11.9 Å². The van der Waals surface area contributed by atoms with Crippen LogP contribution in [0.5, 0.6) is 0 Å². The zero-order chi connectivity index (χ0) is 15.9. The van der Waals surface area contributed by atoms with Gasteiger partial charge in [-0.3, -0.25) is 4.79 Å². The van der Waals surface area contributed by atoms with Crippen LogP contribution in [0.25, 0.3) is 0 Å². The molecule has 0 bridgehead atoms. The number of amides is 1. The van der Waals surface area contributed by atoms with Gasteiger partial charge in [0.05, 0.1) is 0 Å². The number of nitrogens with zero attached hydrogens (tertiary/aromatic N) is 3. The number of carbonyl (C=O) groups excluding carboxylic acids is 1. The summed E-state index contributed by atoms with van der Waals surface area (Å²) < 4.78 is 0. The minimum absolute atomic E-state index is 0.0871. The highest BCUT2D eigenvalue weighted by Gasteiger charge is 2.05. The van der Waals surface area contributed by atoms with Crippen LogP contribution in [0.1, 0.15) is 20.8 Å². The van der Waals surface area contributed by atoms with Crippen LogP contribution in [0.3, 0.4) is 0 Å². The zero-order valence-corrected chi connectivity index (χ0v) is 13.1. The minimum atomic E-state index is -0.0871. The van der Waals surface area contributed by atoms with Crippen molar-refractivity contribution in [3.05, 3.63) is 36.5 Å². The Kier molecular flexibility index (Phi) is 5.30. The maximum atomic E-state index is 11.0. The van der Waals surface area contributed by atoms with Crippen molar-refractivity contribution < 1.29 is 4.79 Å². The van der Waals surface area contributed by atoms with Crippen LogP contribution in [-0.2, 0) is 4.79 Å². The van der Waals surface area contributed by atoms with Crippen molar-refractivity contribution in [2.24, 2.45) is 0 Å². The van der Waals surface area contributed by atoms with Crippen LogP contribution in [0.15, 0.2) is 36.5 Å². The van der Waals surface area contributed by atoms with E-state index in [2.05, 4.69) is 39.3 Å². The van der Waals surface area contributed by atoms with Crippen molar-refractivity contribution >= 4 is 29.0 Å². The van der Waals surface area contributed by atoms with E-state index < -0.39 is 0 Å². The first kappa shape index (κ1) is 15.8. The average molecular weight is 299 g/mol. The second-order valence-corrected chi connectivity index (χ2v) is 4.79. The van der Waals surface area contributed by atoms with Gasteiger partial charge in [-0.2, -0.15) is 4.98 Å². The molecule has 22 heavy (non-hydrogen) atoms. The highest BCUT2D eigenvalue weighted by molar-refractivity contribution is 5.88. The molecule has 116 valence electrons.